The van der Waals surface area contributed by atoms with Crippen molar-refractivity contribution in [3.05, 3.63) is 29.3 Å². The first-order valence-electron chi connectivity index (χ1n) is 9.92. The van der Waals surface area contributed by atoms with Crippen molar-refractivity contribution in [1.29, 1.82) is 0 Å². The van der Waals surface area contributed by atoms with E-state index in [0.29, 0.717) is 29.7 Å². The number of halogens is 2. The summed E-state index contributed by atoms with van der Waals surface area (Å²) in [6, 6.07) is 3.92. The molecule has 0 aliphatic heterocycles. The molecule has 1 aromatic carbocycles. The molecule has 2 atom stereocenters. The molecular formula is C21H29BrClN3O5. The van der Waals surface area contributed by atoms with Crippen molar-refractivity contribution in [3.63, 3.8) is 0 Å². The fourth-order valence-corrected chi connectivity index (χ4v) is 3.16. The highest BCUT2D eigenvalue weighted by atomic mass is 79.9. The maximum atomic E-state index is 12.5. The van der Waals surface area contributed by atoms with E-state index < -0.39 is 18.0 Å². The minimum absolute atomic E-state index is 0.192. The summed E-state index contributed by atoms with van der Waals surface area (Å²) in [5, 5.41) is 8.56. The lowest BCUT2D eigenvalue weighted by atomic mass is 10.1. The van der Waals surface area contributed by atoms with E-state index >= 15 is 0 Å². The molecule has 8 nitrogen and oxygen atoms in total. The smallest absolute Gasteiger partial charge is 0.305 e. The van der Waals surface area contributed by atoms with Crippen LogP contribution in [0.4, 0.5) is 5.69 Å². The topological polar surface area (TPSA) is 114 Å². The Balaban J connectivity index is 2.48. The summed E-state index contributed by atoms with van der Waals surface area (Å²) in [6.07, 6.45) is 1.47. The first-order chi connectivity index (χ1) is 14.7. The molecule has 0 saturated carbocycles. The second-order valence-corrected chi connectivity index (χ2v) is 7.93. The average Bonchev–Trinajstić information content (AvgIpc) is 2.75. The molecule has 0 spiro atoms. The van der Waals surface area contributed by atoms with Crippen molar-refractivity contribution >= 4 is 56.9 Å². The monoisotopic (exact) mass is 517 g/mol. The van der Waals surface area contributed by atoms with E-state index in [-0.39, 0.29) is 30.6 Å². The second-order valence-electron chi connectivity index (χ2n) is 7.10. The van der Waals surface area contributed by atoms with Gasteiger partial charge in [0, 0.05) is 29.7 Å². The summed E-state index contributed by atoms with van der Waals surface area (Å²) in [5.41, 5.74) is 2.42. The quantitative estimate of drug-likeness (QED) is 0.224. The second kappa shape index (κ2) is 14.0. The number of hydrogen-bond donors (Lipinski definition) is 3. The molecule has 1 aromatic rings. The zero-order chi connectivity index (χ0) is 23.4. The molecule has 0 unspecified atom stereocenters. The van der Waals surface area contributed by atoms with Crippen LogP contribution >= 0.6 is 27.5 Å². The van der Waals surface area contributed by atoms with Gasteiger partial charge in [-0.1, -0.05) is 22.0 Å². The summed E-state index contributed by atoms with van der Waals surface area (Å²) >= 11 is 9.27. The molecule has 3 amide bonds. The molecule has 0 aliphatic carbocycles. The fraction of sp³-hybridized carbons (Fsp3) is 0.524. The predicted molar refractivity (Wildman–Crippen MR) is 123 cm³/mol. The highest BCUT2D eigenvalue weighted by Crippen LogP contribution is 2.19. The number of ether oxygens (including phenoxy) is 1. The van der Waals surface area contributed by atoms with Crippen LogP contribution in [-0.4, -0.2) is 42.9 Å². The molecule has 0 radical (unpaired) electrons. The third kappa shape index (κ3) is 10.1. The Morgan fingerprint density at radius 3 is 2.19 bits per heavy atom. The van der Waals surface area contributed by atoms with Crippen molar-refractivity contribution in [1.82, 2.24) is 10.6 Å². The van der Waals surface area contributed by atoms with Crippen LogP contribution in [0.3, 0.4) is 0 Å². The lowest BCUT2D eigenvalue weighted by Gasteiger charge is -2.19. The number of alkyl halides is 2. The van der Waals surface area contributed by atoms with Crippen LogP contribution in [0, 0.1) is 0 Å². The number of hydrogen-bond acceptors (Lipinski definition) is 5. The Kier molecular flexibility index (Phi) is 12.2. The Hall–Kier alpha value is -2.13. The van der Waals surface area contributed by atoms with Gasteiger partial charge < -0.3 is 20.7 Å². The minimum atomic E-state index is -0.806. The van der Waals surface area contributed by atoms with Gasteiger partial charge >= 0.3 is 5.97 Å². The van der Waals surface area contributed by atoms with Crippen molar-refractivity contribution < 1.29 is 23.9 Å². The molecule has 0 bridgehead atoms. The fourth-order valence-electron chi connectivity index (χ4n) is 2.68. The van der Waals surface area contributed by atoms with E-state index in [9.17, 15) is 19.2 Å². The molecule has 0 aromatic heterocycles. The van der Waals surface area contributed by atoms with Gasteiger partial charge in [0.05, 0.1) is 7.11 Å². The first-order valence-corrected chi connectivity index (χ1v) is 11.6. The van der Waals surface area contributed by atoms with Gasteiger partial charge in [0.2, 0.25) is 17.7 Å². The van der Waals surface area contributed by atoms with Gasteiger partial charge in [0.25, 0.3) is 0 Å². The number of esters is 1. The van der Waals surface area contributed by atoms with Crippen LogP contribution in [0.1, 0.15) is 50.7 Å². The minimum Gasteiger partial charge on any atom is -0.469 e. The number of unbranched alkanes of at least 4 members (excludes halogenated alkanes) is 1. The van der Waals surface area contributed by atoms with Gasteiger partial charge in [0.1, 0.15) is 12.1 Å². The Labute approximate surface area is 195 Å². The third-order valence-electron chi connectivity index (χ3n) is 4.41. The van der Waals surface area contributed by atoms with Gasteiger partial charge in [-0.25, -0.2) is 0 Å². The molecular weight excluding hydrogens is 490 g/mol. The molecule has 0 aliphatic rings. The van der Waals surface area contributed by atoms with Gasteiger partial charge in [-0.2, -0.15) is 0 Å². The van der Waals surface area contributed by atoms with E-state index in [1.54, 1.807) is 19.9 Å². The van der Waals surface area contributed by atoms with Crippen LogP contribution in [0.5, 0.6) is 0 Å². The molecule has 172 valence electrons. The number of nitrogens with one attached hydrogen (secondary N) is 3. The van der Waals surface area contributed by atoms with Gasteiger partial charge in [-0.3, -0.25) is 19.2 Å². The standard InChI is InChI=1S/C21H29BrClN3O5/c1-13(24-18(27)6-4-5-7-19(28)31-3)20(29)25-14(2)21(30)26-17-9-15(11-22)8-16(10-17)12-23/h8-10,13-14H,4-7,11-12H2,1-3H3,(H,24,27)(H,25,29)(H,26,30)/t13-,14-/m0/s1. The number of rotatable bonds is 12. The van der Waals surface area contributed by atoms with E-state index in [1.165, 1.54) is 7.11 Å². The van der Waals surface area contributed by atoms with E-state index in [2.05, 4.69) is 36.6 Å². The van der Waals surface area contributed by atoms with Crippen LogP contribution in [0.2, 0.25) is 0 Å². The first kappa shape index (κ1) is 26.9. The maximum Gasteiger partial charge on any atom is 0.305 e. The number of anilines is 1. The van der Waals surface area contributed by atoms with Gasteiger partial charge in [-0.15, -0.1) is 11.6 Å². The average molecular weight is 519 g/mol. The number of carbonyl (C=O) groups excluding carboxylic acids is 4. The predicted octanol–water partition coefficient (Wildman–Crippen LogP) is 3.00. The summed E-state index contributed by atoms with van der Waals surface area (Å²) in [7, 11) is 1.31. The van der Waals surface area contributed by atoms with Gasteiger partial charge in [-0.05, 0) is 49.9 Å². The lowest BCUT2D eigenvalue weighted by Crippen LogP contribution is -2.50. The van der Waals surface area contributed by atoms with Crippen molar-refractivity contribution in [2.45, 2.75) is 62.8 Å². The normalized spacial score (nSPS) is 12.4. The van der Waals surface area contributed by atoms with Crippen molar-refractivity contribution in [2.24, 2.45) is 0 Å². The zero-order valence-electron chi connectivity index (χ0n) is 17.9. The van der Waals surface area contributed by atoms with Crippen LogP contribution in [-0.2, 0) is 35.1 Å². The number of amides is 3. The van der Waals surface area contributed by atoms with Gasteiger partial charge in [0.15, 0.2) is 0 Å². The third-order valence-corrected chi connectivity index (χ3v) is 5.37. The highest BCUT2D eigenvalue weighted by molar-refractivity contribution is 9.08. The summed E-state index contributed by atoms with van der Waals surface area (Å²) in [6.45, 7) is 3.10. The van der Waals surface area contributed by atoms with Crippen molar-refractivity contribution in [2.75, 3.05) is 12.4 Å². The highest BCUT2D eigenvalue weighted by Gasteiger charge is 2.21. The largest absolute Gasteiger partial charge is 0.469 e. The molecule has 0 heterocycles. The Morgan fingerprint density at radius 2 is 1.58 bits per heavy atom. The van der Waals surface area contributed by atoms with Crippen molar-refractivity contribution in [3.8, 4) is 0 Å². The van der Waals surface area contributed by atoms with E-state index in [4.69, 9.17) is 11.6 Å². The number of carbonyl (C=O) groups is 4. The molecule has 3 N–H and O–H groups in total. The van der Waals surface area contributed by atoms with E-state index in [1.807, 2.05) is 12.1 Å². The zero-order valence-corrected chi connectivity index (χ0v) is 20.3. The van der Waals surface area contributed by atoms with Crippen LogP contribution in [0.25, 0.3) is 0 Å². The molecule has 0 fully saturated rings. The summed E-state index contributed by atoms with van der Waals surface area (Å²) in [5.74, 6) is -1.17. The Morgan fingerprint density at radius 1 is 0.968 bits per heavy atom. The summed E-state index contributed by atoms with van der Waals surface area (Å²) < 4.78 is 4.54. The maximum absolute atomic E-state index is 12.5. The molecule has 10 heteroatoms. The number of benzene rings is 1. The van der Waals surface area contributed by atoms with Crippen LogP contribution in [0.15, 0.2) is 18.2 Å². The summed E-state index contributed by atoms with van der Waals surface area (Å²) in [4.78, 5) is 47.8. The molecule has 1 rings (SSSR count). The van der Waals surface area contributed by atoms with E-state index in [0.717, 1.165) is 11.1 Å². The molecule has 0 saturated heterocycles. The van der Waals surface area contributed by atoms with Crippen LogP contribution < -0.4 is 16.0 Å². The lowest BCUT2D eigenvalue weighted by molar-refractivity contribution is -0.140. The SMILES string of the molecule is COC(=O)CCCCC(=O)N[C@@H](C)C(=O)N[C@@H](C)C(=O)Nc1cc(CCl)cc(CBr)c1. The molecule has 31 heavy (non-hydrogen) atoms. The number of methoxy groups -OCH3 is 1. The Bertz CT molecular complexity index is 768.